The second kappa shape index (κ2) is 7.92. The van der Waals surface area contributed by atoms with Gasteiger partial charge in [-0.05, 0) is 31.4 Å². The molecule has 4 heterocycles. The maximum Gasteiger partial charge on any atom is 0.254 e. The zero-order valence-electron chi connectivity index (χ0n) is 17.4. The van der Waals surface area contributed by atoms with Gasteiger partial charge in [0.2, 0.25) is 0 Å². The number of hydrogen-bond donors (Lipinski definition) is 2. The molecule has 1 amide bonds. The van der Waals surface area contributed by atoms with Crippen LogP contribution >= 0.6 is 0 Å². The molecule has 1 saturated heterocycles. The number of aryl methyl sites for hydroxylation is 1. The van der Waals surface area contributed by atoms with E-state index in [1.807, 2.05) is 43.0 Å². The van der Waals surface area contributed by atoms with Gasteiger partial charge in [0.15, 0.2) is 11.5 Å². The largest absolute Gasteiger partial charge is 0.378 e. The lowest BCUT2D eigenvalue weighted by Gasteiger charge is -2.27. The fraction of sp³-hybridized carbons (Fsp3) is 0.318. The van der Waals surface area contributed by atoms with Gasteiger partial charge >= 0.3 is 0 Å². The third-order valence-electron chi connectivity index (χ3n) is 5.61. The normalized spacial score (nSPS) is 15.4. The molecule has 5 rings (SSSR count). The smallest absolute Gasteiger partial charge is 0.254 e. The number of carbonyl (C=O) groups is 1. The molecule has 0 bridgehead atoms. The van der Waals surface area contributed by atoms with E-state index in [9.17, 15) is 4.79 Å². The Morgan fingerprint density at radius 2 is 2.06 bits per heavy atom. The van der Waals surface area contributed by atoms with Crippen molar-refractivity contribution in [2.24, 2.45) is 0 Å². The van der Waals surface area contributed by atoms with E-state index in [0.29, 0.717) is 43.3 Å². The number of morpholine rings is 1. The molecule has 0 aliphatic carbocycles. The summed E-state index contributed by atoms with van der Waals surface area (Å²) in [6, 6.07) is 7.75. The van der Waals surface area contributed by atoms with E-state index in [1.165, 1.54) is 6.33 Å². The molecule has 2 N–H and O–H groups in total. The van der Waals surface area contributed by atoms with Gasteiger partial charge in [-0.25, -0.2) is 15.0 Å². The first kappa shape index (κ1) is 19.4. The zero-order valence-corrected chi connectivity index (χ0v) is 17.4. The number of anilines is 1. The lowest BCUT2D eigenvalue weighted by molar-refractivity contribution is 0.0304. The molecule has 9 heteroatoms. The Labute approximate surface area is 178 Å². The summed E-state index contributed by atoms with van der Waals surface area (Å²) in [6.45, 7) is 6.36. The maximum absolute atomic E-state index is 13.1. The first-order chi connectivity index (χ1) is 15.1. The summed E-state index contributed by atoms with van der Waals surface area (Å²) in [6.07, 6.45) is 3.08. The summed E-state index contributed by atoms with van der Waals surface area (Å²) in [5.74, 6) is 0.700. The van der Waals surface area contributed by atoms with E-state index >= 15 is 0 Å². The Morgan fingerprint density at radius 3 is 2.90 bits per heavy atom. The topological polar surface area (TPSA) is 109 Å². The van der Waals surface area contributed by atoms with Crippen LogP contribution in [0.1, 0.15) is 34.7 Å². The molecule has 0 spiro atoms. The van der Waals surface area contributed by atoms with Crippen LogP contribution in [0.3, 0.4) is 0 Å². The van der Waals surface area contributed by atoms with Crippen LogP contribution in [0.25, 0.3) is 21.9 Å². The minimum absolute atomic E-state index is 0.0281. The molecule has 0 radical (unpaired) electrons. The van der Waals surface area contributed by atoms with Crippen LogP contribution in [-0.4, -0.2) is 62.0 Å². The van der Waals surface area contributed by atoms with Gasteiger partial charge in [0.05, 0.1) is 31.3 Å². The van der Waals surface area contributed by atoms with Crippen molar-refractivity contribution in [2.45, 2.75) is 19.9 Å². The van der Waals surface area contributed by atoms with Gasteiger partial charge in [-0.1, -0.05) is 12.1 Å². The number of H-pyrrole nitrogens is 1. The summed E-state index contributed by atoms with van der Waals surface area (Å²) < 4.78 is 5.38. The quantitative estimate of drug-likeness (QED) is 0.525. The predicted molar refractivity (Wildman–Crippen MR) is 117 cm³/mol. The number of carbonyl (C=O) groups excluding carboxylic acids is 1. The first-order valence-electron chi connectivity index (χ1n) is 10.3. The van der Waals surface area contributed by atoms with E-state index in [-0.39, 0.29) is 11.9 Å². The molecule has 158 valence electrons. The third-order valence-corrected chi connectivity index (χ3v) is 5.61. The van der Waals surface area contributed by atoms with E-state index in [4.69, 9.17) is 9.72 Å². The van der Waals surface area contributed by atoms with E-state index < -0.39 is 0 Å². The van der Waals surface area contributed by atoms with Crippen molar-refractivity contribution in [3.05, 3.63) is 53.9 Å². The average molecular weight is 417 g/mol. The highest BCUT2D eigenvalue weighted by Gasteiger charge is 2.22. The van der Waals surface area contributed by atoms with Crippen LogP contribution < -0.4 is 5.32 Å². The Balaban J connectivity index is 1.48. The number of rotatable bonds is 4. The van der Waals surface area contributed by atoms with Gasteiger partial charge in [0.1, 0.15) is 11.8 Å². The van der Waals surface area contributed by atoms with Gasteiger partial charge in [0.25, 0.3) is 5.91 Å². The number of pyridine rings is 1. The van der Waals surface area contributed by atoms with Gasteiger partial charge in [-0.3, -0.25) is 9.78 Å². The fourth-order valence-electron chi connectivity index (χ4n) is 4.03. The summed E-state index contributed by atoms with van der Waals surface area (Å²) in [5.41, 5.74) is 3.75. The molecule has 31 heavy (non-hydrogen) atoms. The Kier molecular flexibility index (Phi) is 4.95. The van der Waals surface area contributed by atoms with Gasteiger partial charge < -0.3 is 19.9 Å². The van der Waals surface area contributed by atoms with E-state index in [2.05, 4.69) is 25.3 Å². The molecule has 1 aliphatic heterocycles. The second-order valence-electron chi connectivity index (χ2n) is 7.63. The number of nitrogens with one attached hydrogen (secondary N) is 2. The van der Waals surface area contributed by atoms with Crippen LogP contribution in [0.5, 0.6) is 0 Å². The molecule has 1 unspecified atom stereocenters. The molecule has 4 aromatic rings. The minimum atomic E-state index is -0.108. The lowest BCUT2D eigenvalue weighted by Crippen LogP contribution is -2.40. The Morgan fingerprint density at radius 1 is 1.23 bits per heavy atom. The summed E-state index contributed by atoms with van der Waals surface area (Å²) in [7, 11) is 0. The van der Waals surface area contributed by atoms with Crippen LogP contribution in [0, 0.1) is 6.92 Å². The molecule has 1 atom stereocenters. The molecule has 1 aliphatic rings. The number of amides is 1. The highest BCUT2D eigenvalue weighted by Crippen LogP contribution is 2.28. The maximum atomic E-state index is 13.1. The summed E-state index contributed by atoms with van der Waals surface area (Å²) >= 11 is 0. The Bertz CT molecular complexity index is 1260. The molecule has 1 aromatic carbocycles. The van der Waals surface area contributed by atoms with Crippen molar-refractivity contribution < 1.29 is 9.53 Å². The van der Waals surface area contributed by atoms with Crippen LogP contribution in [0.2, 0.25) is 0 Å². The zero-order chi connectivity index (χ0) is 21.4. The average Bonchev–Trinajstić information content (AvgIpc) is 3.28. The van der Waals surface area contributed by atoms with E-state index in [1.54, 1.807) is 6.33 Å². The van der Waals surface area contributed by atoms with Crippen LogP contribution in [0.15, 0.2) is 36.9 Å². The van der Waals surface area contributed by atoms with Crippen LogP contribution in [-0.2, 0) is 4.74 Å². The Hall–Kier alpha value is -3.59. The van der Waals surface area contributed by atoms with E-state index in [0.717, 1.165) is 27.7 Å². The first-order valence-corrected chi connectivity index (χ1v) is 10.3. The molecule has 3 aromatic heterocycles. The predicted octanol–water partition coefficient (Wildman–Crippen LogP) is 2.86. The number of hydrogen-bond acceptors (Lipinski definition) is 7. The van der Waals surface area contributed by atoms with Crippen LogP contribution in [0.4, 0.5) is 5.82 Å². The number of ether oxygens (including phenoxy) is 1. The highest BCUT2D eigenvalue weighted by atomic mass is 16.5. The SMILES string of the molecule is Cc1nc(C(C)Nc2ncnc3nc[nH]c23)cc2cccc(C(=O)N3CCOCC3)c12. The van der Waals surface area contributed by atoms with Crippen molar-refractivity contribution in [1.82, 2.24) is 29.8 Å². The number of imidazole rings is 1. The van der Waals surface area contributed by atoms with Gasteiger partial charge in [-0.2, -0.15) is 0 Å². The number of nitrogens with zero attached hydrogens (tertiary/aromatic N) is 5. The highest BCUT2D eigenvalue weighted by molar-refractivity contribution is 6.08. The third kappa shape index (κ3) is 3.57. The van der Waals surface area contributed by atoms with Crippen molar-refractivity contribution in [1.29, 1.82) is 0 Å². The number of benzene rings is 1. The van der Waals surface area contributed by atoms with Crippen molar-refractivity contribution in [2.75, 3.05) is 31.6 Å². The summed E-state index contributed by atoms with van der Waals surface area (Å²) in [4.78, 5) is 35.5. The van der Waals surface area contributed by atoms with Gasteiger partial charge in [0, 0.05) is 29.7 Å². The number of aromatic nitrogens is 5. The lowest BCUT2D eigenvalue weighted by atomic mass is 10.0. The van der Waals surface area contributed by atoms with Crippen molar-refractivity contribution in [3.8, 4) is 0 Å². The number of aromatic amines is 1. The fourth-order valence-corrected chi connectivity index (χ4v) is 4.03. The van der Waals surface area contributed by atoms with Gasteiger partial charge in [-0.15, -0.1) is 0 Å². The monoisotopic (exact) mass is 417 g/mol. The number of fused-ring (bicyclic) bond motifs is 2. The molecule has 9 nitrogen and oxygen atoms in total. The molecular weight excluding hydrogens is 394 g/mol. The minimum Gasteiger partial charge on any atom is -0.378 e. The van der Waals surface area contributed by atoms with Crippen molar-refractivity contribution in [3.63, 3.8) is 0 Å². The molecule has 0 saturated carbocycles. The molecular formula is C22H23N7O2. The second-order valence-corrected chi connectivity index (χ2v) is 7.63. The van der Waals surface area contributed by atoms with Crippen molar-refractivity contribution >= 4 is 33.7 Å². The standard InChI is InChI=1S/C22H23N7O2/c1-13(28-21-19-20(24-11-23-19)25-12-26-21)17-10-15-4-3-5-16(18(15)14(2)27-17)22(30)29-6-8-31-9-7-29/h3-5,10-13H,6-9H2,1-2H3,(H2,23,24,25,26,28). The summed E-state index contributed by atoms with van der Waals surface area (Å²) in [5, 5.41) is 5.28. The molecule has 1 fully saturated rings.